The molecule has 0 N–H and O–H groups in total. The van der Waals surface area contributed by atoms with Crippen LogP contribution in [-0.2, 0) is 4.79 Å². The van der Waals surface area contributed by atoms with Gasteiger partial charge in [-0.3, -0.25) is 9.59 Å². The summed E-state index contributed by atoms with van der Waals surface area (Å²) in [6.07, 6.45) is 1.93. The summed E-state index contributed by atoms with van der Waals surface area (Å²) in [6, 6.07) is 6.44. The second kappa shape index (κ2) is 5.17. The first-order chi connectivity index (χ1) is 6.76. The zero-order valence-electron chi connectivity index (χ0n) is 8.03. The van der Waals surface area contributed by atoms with Gasteiger partial charge in [-0.2, -0.15) is 0 Å². The van der Waals surface area contributed by atoms with Gasteiger partial charge >= 0.3 is 5.97 Å². The quantitative estimate of drug-likeness (QED) is 0.417. The Bertz CT molecular complexity index is 314. The van der Waals surface area contributed by atoms with Crippen molar-refractivity contribution in [2.75, 3.05) is 0 Å². The number of carbonyl (C=O) groups is 2. The van der Waals surface area contributed by atoms with Gasteiger partial charge in [0.05, 0.1) is 0 Å². The van der Waals surface area contributed by atoms with Crippen LogP contribution in [0.3, 0.4) is 0 Å². The number of benzene rings is 1. The number of ether oxygens (including phenoxy) is 1. The predicted molar refractivity (Wildman–Crippen MR) is 52.4 cm³/mol. The van der Waals surface area contributed by atoms with Crippen LogP contribution < -0.4 is 4.74 Å². The van der Waals surface area contributed by atoms with E-state index in [0.717, 1.165) is 12.7 Å². The number of rotatable bonds is 4. The summed E-state index contributed by atoms with van der Waals surface area (Å²) in [5.41, 5.74) is 0.570. The molecule has 3 nitrogen and oxygen atoms in total. The van der Waals surface area contributed by atoms with Crippen molar-refractivity contribution in [2.45, 2.75) is 19.8 Å². The minimum Gasteiger partial charge on any atom is -0.427 e. The maximum Gasteiger partial charge on any atom is 0.311 e. The molecule has 0 saturated heterocycles. The molecule has 0 unspecified atom stereocenters. The Morgan fingerprint density at radius 3 is 2.50 bits per heavy atom. The Hall–Kier alpha value is -1.64. The average molecular weight is 192 g/mol. The van der Waals surface area contributed by atoms with Gasteiger partial charge in [-0.25, -0.2) is 0 Å². The fourth-order valence-electron chi connectivity index (χ4n) is 1.00. The van der Waals surface area contributed by atoms with E-state index in [4.69, 9.17) is 4.74 Å². The lowest BCUT2D eigenvalue weighted by Gasteiger charge is -2.02. The lowest BCUT2D eigenvalue weighted by Crippen LogP contribution is -2.06. The molecule has 1 aromatic carbocycles. The second-order valence-corrected chi connectivity index (χ2v) is 2.91. The Kier molecular flexibility index (Phi) is 3.85. The normalized spacial score (nSPS) is 9.50. The fourth-order valence-corrected chi connectivity index (χ4v) is 1.00. The highest BCUT2D eigenvalue weighted by molar-refractivity contribution is 5.76. The van der Waals surface area contributed by atoms with Crippen LogP contribution in [0.4, 0.5) is 0 Å². The number of aldehydes is 1. The molecular formula is C11H12O3. The van der Waals surface area contributed by atoms with Gasteiger partial charge in [0.1, 0.15) is 12.0 Å². The Labute approximate surface area is 82.7 Å². The van der Waals surface area contributed by atoms with Crippen molar-refractivity contribution < 1.29 is 14.3 Å². The predicted octanol–water partition coefficient (Wildman–Crippen LogP) is 2.20. The molecule has 0 spiro atoms. The molecule has 1 rings (SSSR count). The molecule has 0 aliphatic carbocycles. The van der Waals surface area contributed by atoms with E-state index >= 15 is 0 Å². The third-order valence-corrected chi connectivity index (χ3v) is 1.70. The molecule has 0 aromatic heterocycles. The molecule has 0 aliphatic rings. The molecule has 0 atom stereocenters. The SMILES string of the molecule is CCCC(=O)Oc1ccc(C=O)cc1. The maximum atomic E-state index is 11.1. The second-order valence-electron chi connectivity index (χ2n) is 2.91. The van der Waals surface area contributed by atoms with Crippen LogP contribution in [-0.4, -0.2) is 12.3 Å². The van der Waals surface area contributed by atoms with Crippen LogP contribution in [0.25, 0.3) is 0 Å². The third kappa shape index (κ3) is 3.01. The Balaban J connectivity index is 2.59. The van der Waals surface area contributed by atoms with Gasteiger partial charge in [-0.15, -0.1) is 0 Å². The van der Waals surface area contributed by atoms with E-state index in [9.17, 15) is 9.59 Å². The molecule has 0 amide bonds. The molecule has 74 valence electrons. The monoisotopic (exact) mass is 192 g/mol. The number of hydrogen-bond acceptors (Lipinski definition) is 3. The van der Waals surface area contributed by atoms with Crippen molar-refractivity contribution in [3.05, 3.63) is 29.8 Å². The summed E-state index contributed by atoms with van der Waals surface area (Å²) < 4.78 is 5.00. The van der Waals surface area contributed by atoms with Crippen molar-refractivity contribution in [2.24, 2.45) is 0 Å². The van der Waals surface area contributed by atoms with Gasteiger partial charge in [-0.05, 0) is 30.7 Å². The first-order valence-electron chi connectivity index (χ1n) is 4.52. The number of hydrogen-bond donors (Lipinski definition) is 0. The Morgan fingerprint density at radius 2 is 2.00 bits per heavy atom. The molecule has 3 heteroatoms. The van der Waals surface area contributed by atoms with Crippen LogP contribution in [0.15, 0.2) is 24.3 Å². The van der Waals surface area contributed by atoms with Crippen LogP contribution >= 0.6 is 0 Å². The van der Waals surface area contributed by atoms with Crippen LogP contribution in [0.1, 0.15) is 30.1 Å². The molecule has 0 heterocycles. The van der Waals surface area contributed by atoms with Crippen molar-refractivity contribution >= 4 is 12.3 Å². The third-order valence-electron chi connectivity index (χ3n) is 1.70. The maximum absolute atomic E-state index is 11.1. The van der Waals surface area contributed by atoms with E-state index in [1.807, 2.05) is 6.92 Å². The van der Waals surface area contributed by atoms with Crippen molar-refractivity contribution in [3.8, 4) is 5.75 Å². The molecular weight excluding hydrogens is 180 g/mol. The zero-order chi connectivity index (χ0) is 10.4. The van der Waals surface area contributed by atoms with Gasteiger partial charge in [0.25, 0.3) is 0 Å². The number of esters is 1. The highest BCUT2D eigenvalue weighted by Gasteiger charge is 2.02. The van der Waals surface area contributed by atoms with E-state index in [-0.39, 0.29) is 5.97 Å². The average Bonchev–Trinajstić information content (AvgIpc) is 2.19. The molecule has 14 heavy (non-hydrogen) atoms. The first-order valence-corrected chi connectivity index (χ1v) is 4.52. The highest BCUT2D eigenvalue weighted by atomic mass is 16.5. The smallest absolute Gasteiger partial charge is 0.311 e. The molecule has 0 aliphatic heterocycles. The summed E-state index contributed by atoms with van der Waals surface area (Å²) in [5, 5.41) is 0. The van der Waals surface area contributed by atoms with Crippen LogP contribution in [0, 0.1) is 0 Å². The summed E-state index contributed by atoms with van der Waals surface area (Å²) in [7, 11) is 0. The molecule has 0 fully saturated rings. The highest BCUT2D eigenvalue weighted by Crippen LogP contribution is 2.11. The summed E-state index contributed by atoms with van der Waals surface area (Å²) in [5.74, 6) is 0.236. The van der Waals surface area contributed by atoms with Gasteiger partial charge < -0.3 is 4.74 Å². The zero-order valence-corrected chi connectivity index (χ0v) is 8.03. The van der Waals surface area contributed by atoms with Gasteiger partial charge in [0, 0.05) is 12.0 Å². The summed E-state index contributed by atoms with van der Waals surface area (Å²) in [6.45, 7) is 1.91. The van der Waals surface area contributed by atoms with E-state index < -0.39 is 0 Å². The Morgan fingerprint density at radius 1 is 1.36 bits per heavy atom. The lowest BCUT2D eigenvalue weighted by molar-refractivity contribution is -0.134. The minimum atomic E-state index is -0.244. The molecule has 0 radical (unpaired) electrons. The van der Waals surface area contributed by atoms with E-state index in [1.165, 1.54) is 0 Å². The lowest BCUT2D eigenvalue weighted by atomic mass is 10.2. The summed E-state index contributed by atoms with van der Waals surface area (Å²) >= 11 is 0. The van der Waals surface area contributed by atoms with Crippen LogP contribution in [0.5, 0.6) is 5.75 Å². The van der Waals surface area contributed by atoms with E-state index in [2.05, 4.69) is 0 Å². The van der Waals surface area contributed by atoms with Gasteiger partial charge in [-0.1, -0.05) is 6.92 Å². The largest absolute Gasteiger partial charge is 0.427 e. The van der Waals surface area contributed by atoms with Crippen LogP contribution in [0.2, 0.25) is 0 Å². The van der Waals surface area contributed by atoms with Crippen molar-refractivity contribution in [1.29, 1.82) is 0 Å². The van der Waals surface area contributed by atoms with E-state index in [0.29, 0.717) is 17.7 Å². The first kappa shape index (κ1) is 10.4. The fraction of sp³-hybridized carbons (Fsp3) is 0.273. The van der Waals surface area contributed by atoms with E-state index in [1.54, 1.807) is 24.3 Å². The minimum absolute atomic E-state index is 0.244. The van der Waals surface area contributed by atoms with Gasteiger partial charge in [0.15, 0.2) is 0 Å². The van der Waals surface area contributed by atoms with Gasteiger partial charge in [0.2, 0.25) is 0 Å². The molecule has 0 saturated carbocycles. The molecule has 1 aromatic rings. The van der Waals surface area contributed by atoms with Crippen molar-refractivity contribution in [1.82, 2.24) is 0 Å². The standard InChI is InChI=1S/C11H12O3/c1-2-3-11(13)14-10-6-4-9(8-12)5-7-10/h4-8H,2-3H2,1H3. The summed E-state index contributed by atoms with van der Waals surface area (Å²) in [4.78, 5) is 21.4. The topological polar surface area (TPSA) is 43.4 Å². The number of carbonyl (C=O) groups excluding carboxylic acids is 2. The molecule has 0 bridgehead atoms. The van der Waals surface area contributed by atoms with Crippen molar-refractivity contribution in [3.63, 3.8) is 0 Å².